The molecule has 0 unspecified atom stereocenters. The number of carbonyl (C=O) groups is 2. The van der Waals surface area contributed by atoms with Crippen molar-refractivity contribution in [1.29, 1.82) is 0 Å². The Bertz CT molecular complexity index is 1010. The van der Waals surface area contributed by atoms with Gasteiger partial charge in [0.1, 0.15) is 5.75 Å². The molecule has 27 heavy (non-hydrogen) atoms. The lowest BCUT2D eigenvalue weighted by molar-refractivity contribution is -0.123. The van der Waals surface area contributed by atoms with Crippen molar-refractivity contribution in [2.45, 2.75) is 44.7 Å². The van der Waals surface area contributed by atoms with E-state index in [-0.39, 0.29) is 22.1 Å². The first kappa shape index (κ1) is 18.9. The monoisotopic (exact) mass is 392 g/mol. The highest BCUT2D eigenvalue weighted by Crippen LogP contribution is 2.32. The Morgan fingerprint density at radius 2 is 2.11 bits per heavy atom. The van der Waals surface area contributed by atoms with Crippen molar-refractivity contribution in [1.82, 2.24) is 14.5 Å². The van der Waals surface area contributed by atoms with Crippen molar-refractivity contribution in [3.05, 3.63) is 35.7 Å². The molecular weight excluding hydrogens is 372 g/mol. The fourth-order valence-corrected chi connectivity index (χ4v) is 3.70. The van der Waals surface area contributed by atoms with Crippen LogP contribution in [-0.2, 0) is 21.4 Å². The van der Waals surface area contributed by atoms with Crippen molar-refractivity contribution in [2.75, 3.05) is 5.32 Å². The maximum absolute atomic E-state index is 12.6. The molecule has 0 spiro atoms. The van der Waals surface area contributed by atoms with Gasteiger partial charge in [-0.1, -0.05) is 6.92 Å². The number of hydrogen-bond donors (Lipinski definition) is 2. The normalized spacial score (nSPS) is 16.3. The van der Waals surface area contributed by atoms with Gasteiger partial charge < -0.3 is 10.1 Å². The summed E-state index contributed by atoms with van der Waals surface area (Å²) in [5.74, 6) is -0.728. The molecule has 9 nitrogen and oxygen atoms in total. The zero-order valence-electron chi connectivity index (χ0n) is 15.1. The number of aromatic nitrogens is 2. The lowest BCUT2D eigenvalue weighted by Gasteiger charge is -2.25. The topological polar surface area (TPSA) is 119 Å². The molecule has 0 aliphatic carbocycles. The molecule has 10 heteroatoms. The van der Waals surface area contributed by atoms with Crippen LogP contribution in [0.3, 0.4) is 0 Å². The van der Waals surface area contributed by atoms with E-state index in [1.807, 2.05) is 18.6 Å². The number of nitrogens with zero attached hydrogens (tertiary/aromatic N) is 2. The largest absolute Gasteiger partial charge is 0.478 e. The molecule has 0 saturated carbocycles. The molecule has 1 aromatic carbocycles. The maximum Gasteiger partial charge on any atom is 0.268 e. The van der Waals surface area contributed by atoms with Crippen molar-refractivity contribution < 1.29 is 22.7 Å². The Labute approximate surface area is 156 Å². The van der Waals surface area contributed by atoms with Gasteiger partial charge in [0.2, 0.25) is 0 Å². The average molecular weight is 392 g/mol. The molecule has 144 valence electrons. The minimum atomic E-state index is -4.14. The first-order chi connectivity index (χ1) is 12.7. The van der Waals surface area contributed by atoms with Crippen LogP contribution >= 0.6 is 0 Å². The van der Waals surface area contributed by atoms with Crippen molar-refractivity contribution >= 4 is 27.5 Å². The quantitative estimate of drug-likeness (QED) is 0.795. The molecule has 1 aromatic heterocycles. The summed E-state index contributed by atoms with van der Waals surface area (Å²) in [6.07, 6.45) is 1.37. The van der Waals surface area contributed by atoms with Gasteiger partial charge in [0, 0.05) is 12.7 Å². The average Bonchev–Trinajstić information content (AvgIpc) is 3.01. The minimum absolute atomic E-state index is 0.158. The second kappa shape index (κ2) is 7.03. The number of ether oxygens (including phenoxy) is 1. The highest BCUT2D eigenvalue weighted by molar-refractivity contribution is 7.90. The van der Waals surface area contributed by atoms with Crippen molar-refractivity contribution in [3.8, 4) is 5.75 Å². The molecule has 1 aliphatic heterocycles. The SMILES string of the molecule is CC[C@@H]1Oc2ccc(S(=O)(=O)NC(=O)c3cn(CC)nc3C)cc2NC1=O. The van der Waals surface area contributed by atoms with Crippen LogP contribution in [0.5, 0.6) is 5.75 Å². The Balaban J connectivity index is 1.85. The van der Waals surface area contributed by atoms with Crippen LogP contribution in [-0.4, -0.2) is 36.1 Å². The molecule has 1 atom stereocenters. The number of rotatable bonds is 5. The first-order valence-corrected chi connectivity index (χ1v) is 9.96. The van der Waals surface area contributed by atoms with E-state index in [0.717, 1.165) is 0 Å². The second-order valence-electron chi connectivity index (χ2n) is 6.08. The molecule has 2 amide bonds. The summed E-state index contributed by atoms with van der Waals surface area (Å²) in [6, 6.07) is 4.04. The Morgan fingerprint density at radius 3 is 2.74 bits per heavy atom. The van der Waals surface area contributed by atoms with E-state index in [2.05, 4.69) is 10.4 Å². The number of hydrogen-bond acceptors (Lipinski definition) is 6. The number of benzene rings is 1. The van der Waals surface area contributed by atoms with Gasteiger partial charge >= 0.3 is 0 Å². The van der Waals surface area contributed by atoms with Gasteiger partial charge in [-0.3, -0.25) is 14.3 Å². The third kappa shape index (κ3) is 3.65. The summed E-state index contributed by atoms with van der Waals surface area (Å²) in [5, 5.41) is 6.76. The van der Waals surface area contributed by atoms with Crippen LogP contribution in [0.15, 0.2) is 29.3 Å². The molecule has 0 bridgehead atoms. The standard InChI is InChI=1S/C17H20N4O5S/c1-4-14-17(23)18-13-8-11(6-7-15(13)26-14)27(24,25)20-16(22)12-9-21(5-2)19-10(12)3/h6-9,14H,4-5H2,1-3H3,(H,18,23)(H,20,22)/t14-/m0/s1. The number of carbonyl (C=O) groups excluding carboxylic acids is 2. The van der Waals surface area contributed by atoms with Gasteiger partial charge in [0.05, 0.1) is 21.8 Å². The van der Waals surface area contributed by atoms with Gasteiger partial charge in [0.15, 0.2) is 6.10 Å². The van der Waals surface area contributed by atoms with E-state index >= 15 is 0 Å². The third-order valence-corrected chi connectivity index (χ3v) is 5.52. The van der Waals surface area contributed by atoms with Crippen LogP contribution in [0.2, 0.25) is 0 Å². The number of amides is 2. The lowest BCUT2D eigenvalue weighted by atomic mass is 10.2. The third-order valence-electron chi connectivity index (χ3n) is 4.19. The van der Waals surface area contributed by atoms with Crippen molar-refractivity contribution in [2.24, 2.45) is 0 Å². The molecule has 0 fully saturated rings. The smallest absolute Gasteiger partial charge is 0.268 e. The maximum atomic E-state index is 12.6. The second-order valence-corrected chi connectivity index (χ2v) is 7.76. The van der Waals surface area contributed by atoms with Crippen LogP contribution < -0.4 is 14.8 Å². The van der Waals surface area contributed by atoms with Crippen LogP contribution in [0.1, 0.15) is 36.3 Å². The predicted molar refractivity (Wildman–Crippen MR) is 97.1 cm³/mol. The number of anilines is 1. The molecule has 3 rings (SSSR count). The highest BCUT2D eigenvalue weighted by atomic mass is 32.2. The summed E-state index contributed by atoms with van der Waals surface area (Å²) in [6.45, 7) is 5.86. The van der Waals surface area contributed by atoms with Gasteiger partial charge in [-0.2, -0.15) is 5.10 Å². The molecule has 2 aromatic rings. The zero-order valence-corrected chi connectivity index (χ0v) is 16.0. The summed E-state index contributed by atoms with van der Waals surface area (Å²) in [7, 11) is -4.14. The summed E-state index contributed by atoms with van der Waals surface area (Å²) < 4.78 is 34.3. The molecule has 1 aliphatic rings. The Kier molecular flexibility index (Phi) is 4.92. The highest BCUT2D eigenvalue weighted by Gasteiger charge is 2.28. The van der Waals surface area contributed by atoms with Crippen LogP contribution in [0.4, 0.5) is 5.69 Å². The lowest BCUT2D eigenvalue weighted by Crippen LogP contribution is -2.36. The molecule has 2 heterocycles. The van der Waals surface area contributed by atoms with Gasteiger partial charge in [0.25, 0.3) is 21.8 Å². The van der Waals surface area contributed by atoms with Gasteiger partial charge in [-0.05, 0) is 38.5 Å². The number of sulfonamides is 1. The number of nitrogens with one attached hydrogen (secondary N) is 2. The Hall–Kier alpha value is -2.88. The van der Waals surface area contributed by atoms with E-state index in [0.29, 0.717) is 24.4 Å². The minimum Gasteiger partial charge on any atom is -0.478 e. The van der Waals surface area contributed by atoms with E-state index in [9.17, 15) is 18.0 Å². The number of aryl methyl sites for hydroxylation is 2. The van der Waals surface area contributed by atoms with E-state index in [1.54, 1.807) is 11.6 Å². The van der Waals surface area contributed by atoms with Gasteiger partial charge in [-0.25, -0.2) is 13.1 Å². The summed E-state index contributed by atoms with van der Waals surface area (Å²) in [5.41, 5.74) is 0.858. The fraction of sp³-hybridized carbons (Fsp3) is 0.353. The zero-order chi connectivity index (χ0) is 19.8. The van der Waals surface area contributed by atoms with E-state index < -0.39 is 22.0 Å². The van der Waals surface area contributed by atoms with Crippen LogP contribution in [0.25, 0.3) is 0 Å². The first-order valence-electron chi connectivity index (χ1n) is 8.48. The van der Waals surface area contributed by atoms with Crippen molar-refractivity contribution in [3.63, 3.8) is 0 Å². The molecule has 0 saturated heterocycles. The fourth-order valence-electron chi connectivity index (χ4n) is 2.70. The Morgan fingerprint density at radius 1 is 1.37 bits per heavy atom. The molecular formula is C17H20N4O5S. The van der Waals surface area contributed by atoms with E-state index in [1.165, 1.54) is 24.4 Å². The predicted octanol–water partition coefficient (Wildman–Crippen LogP) is 1.44. The summed E-state index contributed by atoms with van der Waals surface area (Å²) in [4.78, 5) is 24.1. The number of fused-ring (bicyclic) bond motifs is 1. The van der Waals surface area contributed by atoms with Crippen LogP contribution in [0, 0.1) is 6.92 Å². The molecule has 0 radical (unpaired) electrons. The van der Waals surface area contributed by atoms with Gasteiger partial charge in [-0.15, -0.1) is 0 Å². The van der Waals surface area contributed by atoms with E-state index in [4.69, 9.17) is 4.74 Å². The molecule has 2 N–H and O–H groups in total. The summed E-state index contributed by atoms with van der Waals surface area (Å²) >= 11 is 0.